The fourth-order valence-electron chi connectivity index (χ4n) is 4.72. The summed E-state index contributed by atoms with van der Waals surface area (Å²) < 4.78 is 30.9. The predicted molar refractivity (Wildman–Crippen MR) is 144 cm³/mol. The Morgan fingerprint density at radius 1 is 0.811 bits per heavy atom. The van der Waals surface area contributed by atoms with Gasteiger partial charge in [0.1, 0.15) is 5.69 Å². The lowest BCUT2D eigenvalue weighted by Gasteiger charge is -2.11. The molecule has 0 spiro atoms. The van der Waals surface area contributed by atoms with Crippen molar-refractivity contribution in [1.29, 1.82) is 0 Å². The molecule has 0 unspecified atom stereocenters. The number of aromatic nitrogens is 3. The van der Waals surface area contributed by atoms with E-state index in [0.29, 0.717) is 28.8 Å². The van der Waals surface area contributed by atoms with E-state index in [9.17, 15) is 13.2 Å². The molecule has 0 N–H and O–H groups in total. The maximum Gasteiger partial charge on any atom is 0.268 e. The lowest BCUT2D eigenvalue weighted by Crippen LogP contribution is -2.14. The van der Waals surface area contributed by atoms with Crippen molar-refractivity contribution in [3.8, 4) is 0 Å². The first-order chi connectivity index (χ1) is 17.9. The Kier molecular flexibility index (Phi) is 5.50. The fraction of sp³-hybridized carbons (Fsp3) is 0.0667. The summed E-state index contributed by atoms with van der Waals surface area (Å²) >= 11 is 0. The van der Waals surface area contributed by atoms with Gasteiger partial charge in [0, 0.05) is 22.9 Å². The fourth-order valence-corrected chi connectivity index (χ4v) is 6.23. The Hall–Kier alpha value is -4.49. The summed E-state index contributed by atoms with van der Waals surface area (Å²) in [7, 11) is -3.92. The van der Waals surface area contributed by atoms with Gasteiger partial charge >= 0.3 is 0 Å². The molecule has 6 aromatic rings. The van der Waals surface area contributed by atoms with Gasteiger partial charge in [0.15, 0.2) is 0 Å². The van der Waals surface area contributed by atoms with Crippen molar-refractivity contribution < 1.29 is 13.2 Å². The molecule has 0 fully saturated rings. The summed E-state index contributed by atoms with van der Waals surface area (Å²) in [6.07, 6.45) is 3.19. The van der Waals surface area contributed by atoms with E-state index in [1.165, 1.54) is 3.97 Å². The van der Waals surface area contributed by atoms with Crippen LogP contribution in [0, 0.1) is 6.92 Å². The van der Waals surface area contributed by atoms with Crippen molar-refractivity contribution in [2.24, 2.45) is 0 Å². The Labute approximate surface area is 214 Å². The van der Waals surface area contributed by atoms with Gasteiger partial charge in [0.25, 0.3) is 10.0 Å². The molecule has 0 saturated carbocycles. The maximum absolute atomic E-state index is 13.9. The minimum atomic E-state index is -3.92. The Bertz CT molecular complexity index is 1880. The summed E-state index contributed by atoms with van der Waals surface area (Å²) in [5, 5.41) is 1.57. The number of nitrogens with zero attached hydrogens (tertiary/aromatic N) is 3. The summed E-state index contributed by atoms with van der Waals surface area (Å²) in [5.74, 6) is -0.222. The highest BCUT2D eigenvalue weighted by molar-refractivity contribution is 7.90. The number of fused-ring (bicyclic) bond motifs is 3. The number of ketones is 1. The third-order valence-electron chi connectivity index (χ3n) is 6.59. The summed E-state index contributed by atoms with van der Waals surface area (Å²) in [4.78, 5) is 18.0. The lowest BCUT2D eigenvalue weighted by molar-refractivity contribution is 0.103. The van der Waals surface area contributed by atoms with Crippen LogP contribution in [0.1, 0.15) is 27.2 Å². The molecule has 0 radical (unpaired) electrons. The highest BCUT2D eigenvalue weighted by Gasteiger charge is 2.24. The first-order valence-electron chi connectivity index (χ1n) is 11.9. The topological polar surface area (TPSA) is 74.0 Å². The molecule has 0 aliphatic carbocycles. The highest BCUT2D eigenvalue weighted by atomic mass is 32.2. The molecule has 6 rings (SSSR count). The van der Waals surface area contributed by atoms with E-state index in [0.717, 1.165) is 21.9 Å². The van der Waals surface area contributed by atoms with Crippen LogP contribution in [0.15, 0.2) is 114 Å². The second kappa shape index (κ2) is 8.87. The molecule has 0 amide bonds. The standard InChI is InChI=1S/C30H23N3O3S/c1-21-11-14-24(15-12-21)37(35,36)33-27-10-6-5-9-25(27)26-16-13-23(17-28(26)33)30(34)29-18-31-20-32(29)19-22-7-3-2-4-8-22/h2-18,20H,19H2,1H3. The number of benzene rings is 4. The van der Waals surface area contributed by atoms with Gasteiger partial charge in [-0.3, -0.25) is 4.79 Å². The number of imidazole rings is 1. The number of aryl methyl sites for hydroxylation is 1. The van der Waals surface area contributed by atoms with Crippen LogP contribution >= 0.6 is 0 Å². The molecule has 2 heterocycles. The normalized spacial score (nSPS) is 11.8. The quantitative estimate of drug-likeness (QED) is 0.268. The van der Waals surface area contributed by atoms with Crippen LogP contribution in [-0.4, -0.2) is 27.7 Å². The van der Waals surface area contributed by atoms with E-state index in [4.69, 9.17) is 0 Å². The number of carbonyl (C=O) groups is 1. The van der Waals surface area contributed by atoms with Crippen LogP contribution < -0.4 is 0 Å². The highest BCUT2D eigenvalue weighted by Crippen LogP contribution is 2.33. The van der Waals surface area contributed by atoms with Gasteiger partial charge in [-0.25, -0.2) is 17.4 Å². The maximum atomic E-state index is 13.9. The van der Waals surface area contributed by atoms with Gasteiger partial charge in [-0.15, -0.1) is 0 Å². The molecule has 0 aliphatic heterocycles. The van der Waals surface area contributed by atoms with E-state index >= 15 is 0 Å². The first-order valence-corrected chi connectivity index (χ1v) is 13.3. The second-order valence-corrected chi connectivity index (χ2v) is 10.8. The summed E-state index contributed by atoms with van der Waals surface area (Å²) in [6.45, 7) is 2.42. The van der Waals surface area contributed by atoms with Gasteiger partial charge in [-0.05, 0) is 36.8 Å². The molecular weight excluding hydrogens is 482 g/mol. The number of carbonyl (C=O) groups excluding carboxylic acids is 1. The van der Waals surface area contributed by atoms with E-state index in [-0.39, 0.29) is 10.7 Å². The van der Waals surface area contributed by atoms with Crippen molar-refractivity contribution >= 4 is 37.6 Å². The SMILES string of the molecule is Cc1ccc(S(=O)(=O)n2c3ccccc3c3ccc(C(=O)c4cncn4Cc4ccccc4)cc32)cc1. The van der Waals surface area contributed by atoms with Gasteiger partial charge in [0.2, 0.25) is 5.78 Å². The monoisotopic (exact) mass is 505 g/mol. The number of hydrogen-bond acceptors (Lipinski definition) is 4. The molecule has 2 aromatic heterocycles. The van der Waals surface area contributed by atoms with Crippen LogP contribution in [0.4, 0.5) is 0 Å². The average molecular weight is 506 g/mol. The third-order valence-corrected chi connectivity index (χ3v) is 8.33. The third kappa shape index (κ3) is 3.93. The van der Waals surface area contributed by atoms with Crippen molar-refractivity contribution in [3.63, 3.8) is 0 Å². The van der Waals surface area contributed by atoms with Crippen LogP contribution in [0.2, 0.25) is 0 Å². The van der Waals surface area contributed by atoms with Crippen LogP contribution in [0.3, 0.4) is 0 Å². The average Bonchev–Trinajstić information content (AvgIpc) is 3.51. The van der Waals surface area contributed by atoms with Gasteiger partial charge < -0.3 is 4.57 Å². The van der Waals surface area contributed by atoms with Crippen LogP contribution in [0.5, 0.6) is 0 Å². The van der Waals surface area contributed by atoms with Crippen LogP contribution in [0.25, 0.3) is 21.8 Å². The summed E-state index contributed by atoms with van der Waals surface area (Å²) in [6, 6.07) is 29.3. The number of rotatable bonds is 6. The van der Waals surface area contributed by atoms with Crippen LogP contribution in [-0.2, 0) is 16.6 Å². The van der Waals surface area contributed by atoms with Gasteiger partial charge in [-0.1, -0.05) is 78.4 Å². The molecule has 6 nitrogen and oxygen atoms in total. The molecule has 0 atom stereocenters. The molecule has 0 bridgehead atoms. The zero-order chi connectivity index (χ0) is 25.6. The minimum absolute atomic E-state index is 0.193. The van der Waals surface area contributed by atoms with Crippen molar-refractivity contribution in [1.82, 2.24) is 13.5 Å². The van der Waals surface area contributed by atoms with Crippen molar-refractivity contribution in [3.05, 3.63) is 132 Å². The summed E-state index contributed by atoms with van der Waals surface area (Å²) in [5.41, 5.74) is 3.88. The number of para-hydroxylation sites is 1. The Morgan fingerprint density at radius 3 is 2.30 bits per heavy atom. The van der Waals surface area contributed by atoms with E-state index in [1.54, 1.807) is 59.6 Å². The molecule has 7 heteroatoms. The smallest absolute Gasteiger partial charge is 0.268 e. The van der Waals surface area contributed by atoms with Gasteiger partial charge in [-0.2, -0.15) is 0 Å². The molecule has 0 saturated heterocycles. The number of hydrogen-bond donors (Lipinski definition) is 0. The first kappa shape index (κ1) is 22.9. The van der Waals surface area contributed by atoms with E-state index < -0.39 is 10.0 Å². The second-order valence-electron chi connectivity index (χ2n) is 9.05. The molecular formula is C30H23N3O3S. The predicted octanol–water partition coefficient (Wildman–Crippen LogP) is 5.82. The van der Waals surface area contributed by atoms with Gasteiger partial charge in [0.05, 0.1) is 28.5 Å². The zero-order valence-electron chi connectivity index (χ0n) is 20.1. The largest absolute Gasteiger partial charge is 0.323 e. The Balaban J connectivity index is 1.50. The lowest BCUT2D eigenvalue weighted by atomic mass is 10.1. The minimum Gasteiger partial charge on any atom is -0.323 e. The molecule has 4 aromatic carbocycles. The Morgan fingerprint density at radius 2 is 1.51 bits per heavy atom. The molecule has 0 aliphatic rings. The molecule has 37 heavy (non-hydrogen) atoms. The molecule has 182 valence electrons. The van der Waals surface area contributed by atoms with Crippen molar-refractivity contribution in [2.75, 3.05) is 0 Å². The van der Waals surface area contributed by atoms with E-state index in [1.807, 2.05) is 61.5 Å². The van der Waals surface area contributed by atoms with Crippen molar-refractivity contribution in [2.45, 2.75) is 18.4 Å². The van der Waals surface area contributed by atoms with E-state index in [2.05, 4.69) is 4.98 Å². The zero-order valence-corrected chi connectivity index (χ0v) is 20.9.